The predicted octanol–water partition coefficient (Wildman–Crippen LogP) is 1.60. The van der Waals surface area contributed by atoms with Crippen LogP contribution in [0.25, 0.3) is 0 Å². The lowest BCUT2D eigenvalue weighted by molar-refractivity contribution is -0.149. The van der Waals surface area contributed by atoms with E-state index in [1.165, 1.54) is 0 Å². The number of hydrogen-bond donors (Lipinski definition) is 1. The standard InChI is InChI=1S/C13H21NO3/c1-8-4-10(5-8)11(15)14-6-9(2)13(3,7-14)12(16)17/h8-10H,4-7H2,1-3H3,(H,16,17)/t8?,9-,10?,13-/m1/s1. The summed E-state index contributed by atoms with van der Waals surface area (Å²) in [6.07, 6.45) is 1.93. The smallest absolute Gasteiger partial charge is 0.311 e. The Morgan fingerprint density at radius 1 is 1.29 bits per heavy atom. The minimum atomic E-state index is -0.790. The quantitative estimate of drug-likeness (QED) is 0.796. The number of hydrogen-bond acceptors (Lipinski definition) is 2. The molecule has 17 heavy (non-hydrogen) atoms. The van der Waals surface area contributed by atoms with E-state index in [1.807, 2.05) is 6.92 Å². The summed E-state index contributed by atoms with van der Waals surface area (Å²) < 4.78 is 0. The van der Waals surface area contributed by atoms with E-state index in [1.54, 1.807) is 11.8 Å². The number of aliphatic carboxylic acids is 1. The second-order valence-corrected chi connectivity index (χ2v) is 6.12. The van der Waals surface area contributed by atoms with Crippen molar-refractivity contribution in [3.05, 3.63) is 0 Å². The Morgan fingerprint density at radius 3 is 2.29 bits per heavy atom. The van der Waals surface area contributed by atoms with Crippen LogP contribution in [0.5, 0.6) is 0 Å². The van der Waals surface area contributed by atoms with Crippen molar-refractivity contribution < 1.29 is 14.7 Å². The van der Waals surface area contributed by atoms with Crippen molar-refractivity contribution in [2.24, 2.45) is 23.2 Å². The van der Waals surface area contributed by atoms with Crippen molar-refractivity contribution in [2.75, 3.05) is 13.1 Å². The maximum absolute atomic E-state index is 12.2. The molecule has 2 atom stereocenters. The molecule has 2 fully saturated rings. The van der Waals surface area contributed by atoms with Gasteiger partial charge >= 0.3 is 5.97 Å². The molecule has 2 rings (SSSR count). The van der Waals surface area contributed by atoms with Crippen molar-refractivity contribution in [3.8, 4) is 0 Å². The molecule has 0 aromatic rings. The molecular formula is C13H21NO3. The van der Waals surface area contributed by atoms with Crippen LogP contribution in [0, 0.1) is 23.2 Å². The fourth-order valence-electron chi connectivity index (χ4n) is 2.96. The topological polar surface area (TPSA) is 57.6 Å². The third kappa shape index (κ3) is 1.94. The zero-order chi connectivity index (χ0) is 12.8. The SMILES string of the molecule is CC1CC(C(=O)N2C[C@@H](C)[C@](C)(C(=O)O)C2)C1. The molecular weight excluding hydrogens is 218 g/mol. The van der Waals surface area contributed by atoms with Crippen LogP contribution in [0.1, 0.15) is 33.6 Å². The third-order valence-corrected chi connectivity index (χ3v) is 4.62. The summed E-state index contributed by atoms with van der Waals surface area (Å²) in [7, 11) is 0. The van der Waals surface area contributed by atoms with Gasteiger partial charge in [0, 0.05) is 19.0 Å². The average Bonchev–Trinajstić information content (AvgIpc) is 2.51. The highest BCUT2D eigenvalue weighted by Gasteiger charge is 2.49. The van der Waals surface area contributed by atoms with Gasteiger partial charge in [-0.25, -0.2) is 0 Å². The molecule has 1 N–H and O–H groups in total. The van der Waals surface area contributed by atoms with Crippen LogP contribution < -0.4 is 0 Å². The highest BCUT2D eigenvalue weighted by Crippen LogP contribution is 2.40. The fourth-order valence-corrected chi connectivity index (χ4v) is 2.96. The second-order valence-electron chi connectivity index (χ2n) is 6.12. The highest BCUT2D eigenvalue weighted by molar-refractivity contribution is 5.82. The minimum absolute atomic E-state index is 0.0291. The maximum Gasteiger partial charge on any atom is 0.311 e. The number of carboxylic acid groups (broad SMARTS) is 1. The van der Waals surface area contributed by atoms with Gasteiger partial charge in [0.1, 0.15) is 0 Å². The Bertz CT molecular complexity index is 349. The summed E-state index contributed by atoms with van der Waals surface area (Å²) in [6, 6.07) is 0. The lowest BCUT2D eigenvalue weighted by Crippen LogP contribution is -2.42. The number of carbonyl (C=O) groups excluding carboxylic acids is 1. The molecule has 4 heteroatoms. The van der Waals surface area contributed by atoms with Crippen LogP contribution in [0.2, 0.25) is 0 Å². The first-order valence-corrected chi connectivity index (χ1v) is 6.36. The molecule has 0 aromatic heterocycles. The van der Waals surface area contributed by atoms with Gasteiger partial charge in [-0.15, -0.1) is 0 Å². The van der Waals surface area contributed by atoms with Gasteiger partial charge in [0.2, 0.25) is 5.91 Å². The number of carboxylic acids is 1. The molecule has 0 spiro atoms. The molecule has 0 bridgehead atoms. The summed E-state index contributed by atoms with van der Waals surface area (Å²) in [5, 5.41) is 9.26. The fraction of sp³-hybridized carbons (Fsp3) is 0.846. The lowest BCUT2D eigenvalue weighted by atomic mass is 9.75. The first kappa shape index (κ1) is 12.4. The third-order valence-electron chi connectivity index (χ3n) is 4.62. The van der Waals surface area contributed by atoms with Crippen molar-refractivity contribution in [3.63, 3.8) is 0 Å². The average molecular weight is 239 g/mol. The second kappa shape index (κ2) is 4.00. The highest BCUT2D eigenvalue weighted by atomic mass is 16.4. The first-order valence-electron chi connectivity index (χ1n) is 6.36. The van der Waals surface area contributed by atoms with Gasteiger partial charge in [0.05, 0.1) is 5.41 Å². The number of nitrogens with zero attached hydrogens (tertiary/aromatic N) is 1. The van der Waals surface area contributed by atoms with Crippen LogP contribution in [-0.2, 0) is 9.59 Å². The monoisotopic (exact) mass is 239 g/mol. The molecule has 1 aliphatic carbocycles. The number of amides is 1. The van der Waals surface area contributed by atoms with E-state index in [9.17, 15) is 14.7 Å². The lowest BCUT2D eigenvalue weighted by Gasteiger charge is -2.34. The zero-order valence-electron chi connectivity index (χ0n) is 10.8. The molecule has 4 nitrogen and oxygen atoms in total. The van der Waals surface area contributed by atoms with Crippen molar-refractivity contribution >= 4 is 11.9 Å². The van der Waals surface area contributed by atoms with Crippen LogP contribution in [0.15, 0.2) is 0 Å². The number of rotatable bonds is 2. The van der Waals surface area contributed by atoms with Crippen LogP contribution in [0.3, 0.4) is 0 Å². The van der Waals surface area contributed by atoms with E-state index >= 15 is 0 Å². The molecule has 1 heterocycles. The molecule has 1 saturated carbocycles. The molecule has 1 amide bonds. The van der Waals surface area contributed by atoms with E-state index in [0.29, 0.717) is 19.0 Å². The van der Waals surface area contributed by atoms with Gasteiger partial charge in [0.15, 0.2) is 0 Å². The van der Waals surface area contributed by atoms with Gasteiger partial charge in [-0.05, 0) is 31.6 Å². The first-order chi connectivity index (χ1) is 7.84. The Balaban J connectivity index is 2.01. The van der Waals surface area contributed by atoms with Crippen LogP contribution >= 0.6 is 0 Å². The Hall–Kier alpha value is -1.06. The van der Waals surface area contributed by atoms with Crippen molar-refractivity contribution in [2.45, 2.75) is 33.6 Å². The molecule has 1 saturated heterocycles. The summed E-state index contributed by atoms with van der Waals surface area (Å²) in [4.78, 5) is 25.2. The summed E-state index contributed by atoms with van der Waals surface area (Å²) in [5.74, 6) is 0.201. The van der Waals surface area contributed by atoms with Crippen molar-refractivity contribution in [1.82, 2.24) is 4.90 Å². The Morgan fingerprint density at radius 2 is 1.88 bits per heavy atom. The van der Waals surface area contributed by atoms with Crippen molar-refractivity contribution in [1.29, 1.82) is 0 Å². The van der Waals surface area contributed by atoms with E-state index in [2.05, 4.69) is 6.92 Å². The Labute approximate surface area is 102 Å². The minimum Gasteiger partial charge on any atom is -0.481 e. The molecule has 1 aliphatic heterocycles. The van der Waals surface area contributed by atoms with Gasteiger partial charge in [0.25, 0.3) is 0 Å². The van der Waals surface area contributed by atoms with Gasteiger partial charge < -0.3 is 10.0 Å². The van der Waals surface area contributed by atoms with Crippen LogP contribution in [0.4, 0.5) is 0 Å². The van der Waals surface area contributed by atoms with E-state index < -0.39 is 11.4 Å². The molecule has 2 aliphatic rings. The predicted molar refractivity (Wildman–Crippen MR) is 63.4 cm³/mol. The van der Waals surface area contributed by atoms with Gasteiger partial charge in [-0.3, -0.25) is 9.59 Å². The van der Waals surface area contributed by atoms with Crippen LogP contribution in [-0.4, -0.2) is 35.0 Å². The maximum atomic E-state index is 12.2. The molecule has 96 valence electrons. The van der Waals surface area contributed by atoms with E-state index in [0.717, 1.165) is 12.8 Å². The summed E-state index contributed by atoms with van der Waals surface area (Å²) in [6.45, 7) is 6.78. The number of likely N-dealkylation sites (tertiary alicyclic amines) is 1. The Kier molecular flexibility index (Phi) is 2.92. The van der Waals surface area contributed by atoms with Gasteiger partial charge in [-0.2, -0.15) is 0 Å². The number of carbonyl (C=O) groups is 2. The normalized spacial score (nSPS) is 41.1. The largest absolute Gasteiger partial charge is 0.481 e. The molecule has 0 aromatic carbocycles. The zero-order valence-corrected chi connectivity index (χ0v) is 10.8. The van der Waals surface area contributed by atoms with E-state index in [4.69, 9.17) is 0 Å². The van der Waals surface area contributed by atoms with Gasteiger partial charge in [-0.1, -0.05) is 13.8 Å². The van der Waals surface area contributed by atoms with E-state index in [-0.39, 0.29) is 17.7 Å². The summed E-state index contributed by atoms with van der Waals surface area (Å²) in [5.41, 5.74) is -0.773. The molecule has 0 radical (unpaired) electrons. The summed E-state index contributed by atoms with van der Waals surface area (Å²) >= 11 is 0. The molecule has 0 unspecified atom stereocenters.